The van der Waals surface area contributed by atoms with Gasteiger partial charge in [-0.25, -0.2) is 8.42 Å². The fourth-order valence-electron chi connectivity index (χ4n) is 4.96. The van der Waals surface area contributed by atoms with Crippen LogP contribution in [0.1, 0.15) is 35.6 Å². The van der Waals surface area contributed by atoms with E-state index >= 15 is 0 Å². The molecule has 8 heteroatoms. The number of nitrogens with one attached hydrogen (secondary N) is 1. The molecular weight excluding hydrogens is 558 g/mol. The molecule has 1 atom stereocenters. The Morgan fingerprint density at radius 3 is 2.00 bits per heavy atom. The second kappa shape index (κ2) is 14.6. The van der Waals surface area contributed by atoms with Crippen LogP contribution < -0.4 is 9.62 Å². The lowest BCUT2D eigenvalue weighted by Gasteiger charge is -2.34. The van der Waals surface area contributed by atoms with E-state index in [-0.39, 0.29) is 23.8 Å². The second-order valence-corrected chi connectivity index (χ2v) is 12.5. The van der Waals surface area contributed by atoms with Gasteiger partial charge in [-0.15, -0.1) is 0 Å². The van der Waals surface area contributed by atoms with E-state index in [0.29, 0.717) is 12.2 Å². The van der Waals surface area contributed by atoms with Crippen molar-refractivity contribution in [2.45, 2.75) is 51.1 Å². The van der Waals surface area contributed by atoms with Crippen molar-refractivity contribution < 1.29 is 18.0 Å². The standard InChI is InChI=1S/C35H39N3O4S/c1-4-21-36-35(40)33(24-29-15-7-5-8-16-29)37(25-30-17-11-13-27(2)22-30)34(39)26-38(31-18-12-14-28(3)23-31)43(41,42)32-19-9-6-10-20-32/h5-20,22-23,33H,4,21,24-26H2,1-3H3,(H,36,40)/t33-/m1/s1. The maximum Gasteiger partial charge on any atom is 0.264 e. The van der Waals surface area contributed by atoms with E-state index in [1.54, 1.807) is 36.4 Å². The molecule has 0 aliphatic rings. The number of carbonyl (C=O) groups is 2. The number of anilines is 1. The Morgan fingerprint density at radius 2 is 1.37 bits per heavy atom. The summed E-state index contributed by atoms with van der Waals surface area (Å²) in [6, 6.07) is 31.6. The van der Waals surface area contributed by atoms with Crippen LogP contribution in [0.2, 0.25) is 0 Å². The molecule has 0 aliphatic heterocycles. The SMILES string of the molecule is CCCNC(=O)[C@@H](Cc1ccccc1)N(Cc1cccc(C)c1)C(=O)CN(c1cccc(C)c1)S(=O)(=O)c1ccccc1. The molecular formula is C35H39N3O4S. The minimum Gasteiger partial charge on any atom is -0.354 e. The van der Waals surface area contributed by atoms with Crippen LogP contribution in [0.4, 0.5) is 5.69 Å². The number of hydrogen-bond donors (Lipinski definition) is 1. The van der Waals surface area contributed by atoms with Crippen LogP contribution in [0.15, 0.2) is 114 Å². The summed E-state index contributed by atoms with van der Waals surface area (Å²) in [5, 5.41) is 2.97. The Balaban J connectivity index is 1.79. The summed E-state index contributed by atoms with van der Waals surface area (Å²) in [5.41, 5.74) is 4.00. The van der Waals surface area contributed by atoms with Gasteiger partial charge in [-0.1, -0.05) is 97.4 Å². The zero-order chi connectivity index (χ0) is 30.8. The van der Waals surface area contributed by atoms with E-state index < -0.39 is 28.5 Å². The molecule has 43 heavy (non-hydrogen) atoms. The van der Waals surface area contributed by atoms with Crippen molar-refractivity contribution >= 4 is 27.5 Å². The van der Waals surface area contributed by atoms with Crippen molar-refractivity contribution in [3.8, 4) is 0 Å². The first-order valence-corrected chi connectivity index (χ1v) is 15.9. The molecule has 0 fully saturated rings. The van der Waals surface area contributed by atoms with Gasteiger partial charge in [-0.05, 0) is 61.2 Å². The minimum absolute atomic E-state index is 0.0797. The third-order valence-electron chi connectivity index (χ3n) is 7.16. The van der Waals surface area contributed by atoms with E-state index in [2.05, 4.69) is 5.32 Å². The summed E-state index contributed by atoms with van der Waals surface area (Å²) in [7, 11) is -4.11. The van der Waals surface area contributed by atoms with Crippen molar-refractivity contribution in [2.24, 2.45) is 0 Å². The van der Waals surface area contributed by atoms with E-state index in [9.17, 15) is 18.0 Å². The normalized spacial score (nSPS) is 11.9. The minimum atomic E-state index is -4.11. The third-order valence-corrected chi connectivity index (χ3v) is 8.94. The lowest BCUT2D eigenvalue weighted by Crippen LogP contribution is -2.53. The molecule has 4 aromatic carbocycles. The fourth-order valence-corrected chi connectivity index (χ4v) is 6.39. The summed E-state index contributed by atoms with van der Waals surface area (Å²) in [6.45, 7) is 5.95. The van der Waals surface area contributed by atoms with Gasteiger partial charge in [0.1, 0.15) is 12.6 Å². The van der Waals surface area contributed by atoms with Gasteiger partial charge in [-0.2, -0.15) is 0 Å². The van der Waals surface area contributed by atoms with Crippen LogP contribution >= 0.6 is 0 Å². The summed E-state index contributed by atoms with van der Waals surface area (Å²) < 4.78 is 29.2. The van der Waals surface area contributed by atoms with Crippen molar-refractivity contribution in [3.63, 3.8) is 0 Å². The highest BCUT2D eigenvalue weighted by Gasteiger charge is 2.34. The quantitative estimate of drug-likeness (QED) is 0.215. The highest BCUT2D eigenvalue weighted by Crippen LogP contribution is 2.26. The highest BCUT2D eigenvalue weighted by atomic mass is 32.2. The van der Waals surface area contributed by atoms with Gasteiger partial charge in [0, 0.05) is 19.5 Å². The monoisotopic (exact) mass is 597 g/mol. The number of nitrogens with zero attached hydrogens (tertiary/aromatic N) is 2. The summed E-state index contributed by atoms with van der Waals surface area (Å²) in [6.07, 6.45) is 1.02. The van der Waals surface area contributed by atoms with Crippen LogP contribution in [0.25, 0.3) is 0 Å². The van der Waals surface area contributed by atoms with E-state index in [1.165, 1.54) is 17.0 Å². The lowest BCUT2D eigenvalue weighted by molar-refractivity contribution is -0.140. The molecule has 1 N–H and O–H groups in total. The molecule has 0 bridgehead atoms. The first-order valence-electron chi connectivity index (χ1n) is 14.5. The molecule has 0 aliphatic carbocycles. The molecule has 0 saturated carbocycles. The van der Waals surface area contributed by atoms with Crippen LogP contribution in [-0.2, 0) is 32.6 Å². The topological polar surface area (TPSA) is 86.8 Å². The molecule has 0 spiro atoms. The maximum absolute atomic E-state index is 14.4. The molecule has 0 unspecified atom stereocenters. The largest absolute Gasteiger partial charge is 0.354 e. The Labute approximate surface area is 255 Å². The molecule has 0 heterocycles. The maximum atomic E-state index is 14.4. The molecule has 4 rings (SSSR count). The predicted molar refractivity (Wildman–Crippen MR) is 171 cm³/mol. The number of hydrogen-bond acceptors (Lipinski definition) is 4. The number of rotatable bonds is 13. The van der Waals surface area contributed by atoms with E-state index in [4.69, 9.17) is 0 Å². The van der Waals surface area contributed by atoms with Crippen molar-refractivity contribution in [3.05, 3.63) is 131 Å². The molecule has 0 saturated heterocycles. The van der Waals surface area contributed by atoms with Gasteiger partial charge in [-0.3, -0.25) is 13.9 Å². The van der Waals surface area contributed by atoms with E-state index in [1.807, 2.05) is 81.4 Å². The highest BCUT2D eigenvalue weighted by molar-refractivity contribution is 7.92. The van der Waals surface area contributed by atoms with Crippen LogP contribution in [0, 0.1) is 13.8 Å². The Bertz CT molecular complexity index is 1630. The summed E-state index contributed by atoms with van der Waals surface area (Å²) in [4.78, 5) is 29.7. The fraction of sp³-hybridized carbons (Fsp3) is 0.257. The number of sulfonamides is 1. The Morgan fingerprint density at radius 1 is 0.767 bits per heavy atom. The van der Waals surface area contributed by atoms with Gasteiger partial charge < -0.3 is 10.2 Å². The van der Waals surface area contributed by atoms with Gasteiger partial charge in [0.2, 0.25) is 11.8 Å². The van der Waals surface area contributed by atoms with Crippen molar-refractivity contribution in [1.82, 2.24) is 10.2 Å². The van der Waals surface area contributed by atoms with Crippen LogP contribution in [0.3, 0.4) is 0 Å². The summed E-state index contributed by atoms with van der Waals surface area (Å²) >= 11 is 0. The third kappa shape index (κ3) is 8.32. The average molecular weight is 598 g/mol. The average Bonchev–Trinajstić information content (AvgIpc) is 3.01. The second-order valence-electron chi connectivity index (χ2n) is 10.7. The smallest absolute Gasteiger partial charge is 0.264 e. The molecule has 2 amide bonds. The number of aryl methyl sites for hydroxylation is 2. The number of benzene rings is 4. The Kier molecular flexibility index (Phi) is 10.7. The molecule has 0 radical (unpaired) electrons. The zero-order valence-electron chi connectivity index (χ0n) is 24.9. The lowest BCUT2D eigenvalue weighted by atomic mass is 10.0. The first kappa shape index (κ1) is 31.5. The number of amides is 2. The van der Waals surface area contributed by atoms with Crippen molar-refractivity contribution in [1.29, 1.82) is 0 Å². The van der Waals surface area contributed by atoms with Crippen LogP contribution in [-0.4, -0.2) is 44.3 Å². The van der Waals surface area contributed by atoms with Crippen LogP contribution in [0.5, 0.6) is 0 Å². The molecule has 224 valence electrons. The van der Waals surface area contributed by atoms with Gasteiger partial charge in [0.05, 0.1) is 10.6 Å². The number of carbonyl (C=O) groups excluding carboxylic acids is 2. The Hall–Kier alpha value is -4.43. The van der Waals surface area contributed by atoms with Crippen molar-refractivity contribution in [2.75, 3.05) is 17.4 Å². The molecule has 0 aromatic heterocycles. The van der Waals surface area contributed by atoms with Gasteiger partial charge in [0.15, 0.2) is 0 Å². The first-order chi connectivity index (χ1) is 20.7. The van der Waals surface area contributed by atoms with E-state index in [0.717, 1.165) is 33.0 Å². The van der Waals surface area contributed by atoms with Gasteiger partial charge >= 0.3 is 0 Å². The predicted octanol–water partition coefficient (Wildman–Crippen LogP) is 5.67. The molecule has 4 aromatic rings. The zero-order valence-corrected chi connectivity index (χ0v) is 25.8. The molecule has 7 nitrogen and oxygen atoms in total. The summed E-state index contributed by atoms with van der Waals surface area (Å²) in [5.74, 6) is -0.755. The van der Waals surface area contributed by atoms with Gasteiger partial charge in [0.25, 0.3) is 10.0 Å².